The monoisotopic (exact) mass is 248 g/mol. The van der Waals surface area contributed by atoms with Gasteiger partial charge in [0.2, 0.25) is 5.91 Å². The molecule has 3 atom stereocenters. The molecule has 0 saturated carbocycles. The normalized spacial score (nSPS) is 26.8. The largest absolute Gasteiger partial charge is 0.464 e. The predicted octanol–water partition coefficient (Wildman–Crippen LogP) is 0.159. The topological polar surface area (TPSA) is 81.4 Å². The van der Waals surface area contributed by atoms with Gasteiger partial charge in [-0.1, -0.05) is 30.3 Å². The Balaban J connectivity index is 2.29. The van der Waals surface area contributed by atoms with Gasteiger partial charge in [-0.05, 0) is 12.5 Å². The lowest BCUT2D eigenvalue weighted by atomic mass is 9.89. The van der Waals surface area contributed by atoms with Gasteiger partial charge in [0.05, 0.1) is 12.6 Å². The molecule has 2 rings (SSSR count). The maximum Gasteiger partial charge on any atom is 0.329 e. The number of rotatable bonds is 3. The fraction of sp³-hybridized carbons (Fsp3) is 0.385. The molecule has 1 saturated heterocycles. The Kier molecular flexibility index (Phi) is 3.62. The summed E-state index contributed by atoms with van der Waals surface area (Å²) in [5, 5.41) is 2.60. The maximum absolute atomic E-state index is 11.8. The molecule has 0 bridgehead atoms. The lowest BCUT2D eigenvalue weighted by molar-refractivity contribution is -0.146. The molecule has 0 aromatic heterocycles. The predicted molar refractivity (Wildman–Crippen MR) is 65.7 cm³/mol. The Morgan fingerprint density at radius 2 is 2.06 bits per heavy atom. The number of carbonyl (C=O) groups is 2. The Morgan fingerprint density at radius 1 is 1.39 bits per heavy atom. The molecule has 0 spiro atoms. The summed E-state index contributed by atoms with van der Waals surface area (Å²) in [6.45, 7) is 2.01. The number of ether oxygens (including phenoxy) is 1. The fourth-order valence-corrected chi connectivity index (χ4v) is 2.22. The van der Waals surface area contributed by atoms with E-state index in [4.69, 9.17) is 10.5 Å². The zero-order valence-electron chi connectivity index (χ0n) is 10.1. The first-order valence-corrected chi connectivity index (χ1v) is 5.92. The van der Waals surface area contributed by atoms with Gasteiger partial charge in [-0.3, -0.25) is 4.79 Å². The van der Waals surface area contributed by atoms with Crippen molar-refractivity contribution in [3.05, 3.63) is 35.9 Å². The van der Waals surface area contributed by atoms with Crippen molar-refractivity contribution in [2.75, 3.05) is 6.61 Å². The van der Waals surface area contributed by atoms with Crippen LogP contribution in [0.1, 0.15) is 18.4 Å². The first-order chi connectivity index (χ1) is 8.65. The van der Waals surface area contributed by atoms with Crippen molar-refractivity contribution in [2.45, 2.75) is 24.9 Å². The van der Waals surface area contributed by atoms with Gasteiger partial charge in [0, 0.05) is 5.92 Å². The zero-order chi connectivity index (χ0) is 13.1. The number of benzene rings is 1. The van der Waals surface area contributed by atoms with Crippen molar-refractivity contribution >= 4 is 11.9 Å². The quantitative estimate of drug-likeness (QED) is 0.746. The minimum Gasteiger partial charge on any atom is -0.464 e. The molecule has 1 aliphatic rings. The lowest BCUT2D eigenvalue weighted by Gasteiger charge is -2.19. The van der Waals surface area contributed by atoms with E-state index in [1.165, 1.54) is 0 Å². The first kappa shape index (κ1) is 12.6. The molecule has 0 radical (unpaired) electrons. The van der Waals surface area contributed by atoms with Crippen molar-refractivity contribution in [3.63, 3.8) is 0 Å². The summed E-state index contributed by atoms with van der Waals surface area (Å²) >= 11 is 0. The van der Waals surface area contributed by atoms with Crippen LogP contribution in [0, 0.1) is 0 Å². The summed E-state index contributed by atoms with van der Waals surface area (Å²) in [7, 11) is 0. The highest BCUT2D eigenvalue weighted by molar-refractivity contribution is 5.93. The van der Waals surface area contributed by atoms with Crippen molar-refractivity contribution in [1.82, 2.24) is 5.32 Å². The molecule has 5 heteroatoms. The van der Waals surface area contributed by atoms with Gasteiger partial charge >= 0.3 is 5.97 Å². The second kappa shape index (κ2) is 5.18. The average Bonchev–Trinajstić information content (AvgIpc) is 2.67. The number of amides is 1. The van der Waals surface area contributed by atoms with Crippen molar-refractivity contribution in [3.8, 4) is 0 Å². The number of esters is 1. The van der Waals surface area contributed by atoms with Crippen LogP contribution >= 0.6 is 0 Å². The zero-order valence-corrected chi connectivity index (χ0v) is 10.1. The Bertz CT molecular complexity index is 447. The third kappa shape index (κ3) is 2.22. The van der Waals surface area contributed by atoms with Gasteiger partial charge in [-0.25, -0.2) is 4.79 Å². The third-order valence-corrected chi connectivity index (χ3v) is 3.07. The summed E-state index contributed by atoms with van der Waals surface area (Å²) in [5.41, 5.74) is 6.72. The fourth-order valence-electron chi connectivity index (χ4n) is 2.22. The van der Waals surface area contributed by atoms with E-state index in [0.29, 0.717) is 0 Å². The van der Waals surface area contributed by atoms with Crippen LogP contribution in [0.25, 0.3) is 0 Å². The van der Waals surface area contributed by atoms with Crippen LogP contribution in [-0.2, 0) is 14.3 Å². The number of hydrogen-bond donors (Lipinski definition) is 2. The Labute approximate surface area is 105 Å². The lowest BCUT2D eigenvalue weighted by Crippen LogP contribution is -2.37. The van der Waals surface area contributed by atoms with Crippen LogP contribution in [0.3, 0.4) is 0 Å². The van der Waals surface area contributed by atoms with Crippen LogP contribution in [0.4, 0.5) is 0 Å². The molecule has 1 aliphatic heterocycles. The molecule has 3 N–H and O–H groups in total. The summed E-state index contributed by atoms with van der Waals surface area (Å²) in [5.74, 6) is -1.13. The van der Waals surface area contributed by atoms with Crippen LogP contribution in [-0.4, -0.2) is 30.6 Å². The molecule has 0 aliphatic carbocycles. The van der Waals surface area contributed by atoms with E-state index in [2.05, 4.69) is 5.32 Å². The highest BCUT2D eigenvalue weighted by atomic mass is 16.5. The number of nitrogens with one attached hydrogen (secondary N) is 1. The van der Waals surface area contributed by atoms with E-state index in [0.717, 1.165) is 5.56 Å². The van der Waals surface area contributed by atoms with E-state index >= 15 is 0 Å². The van der Waals surface area contributed by atoms with E-state index in [-0.39, 0.29) is 18.4 Å². The third-order valence-electron chi connectivity index (χ3n) is 3.07. The molecule has 5 nitrogen and oxygen atoms in total. The van der Waals surface area contributed by atoms with Crippen LogP contribution in [0.5, 0.6) is 0 Å². The summed E-state index contributed by atoms with van der Waals surface area (Å²) in [6, 6.07) is 7.88. The second-order valence-electron chi connectivity index (χ2n) is 4.20. The summed E-state index contributed by atoms with van der Waals surface area (Å²) in [4.78, 5) is 23.5. The average molecular weight is 248 g/mol. The molecule has 1 fully saturated rings. The Morgan fingerprint density at radius 3 is 2.67 bits per heavy atom. The smallest absolute Gasteiger partial charge is 0.329 e. The molecule has 18 heavy (non-hydrogen) atoms. The van der Waals surface area contributed by atoms with Gasteiger partial charge in [-0.15, -0.1) is 0 Å². The van der Waals surface area contributed by atoms with Crippen LogP contribution in [0.15, 0.2) is 30.3 Å². The maximum atomic E-state index is 11.8. The van der Waals surface area contributed by atoms with E-state index < -0.39 is 18.1 Å². The molecule has 1 aromatic carbocycles. The van der Waals surface area contributed by atoms with E-state index in [1.54, 1.807) is 6.92 Å². The highest BCUT2D eigenvalue weighted by Crippen LogP contribution is 2.28. The molecular formula is C13H16N2O3. The van der Waals surface area contributed by atoms with Gasteiger partial charge in [0.15, 0.2) is 0 Å². The molecule has 1 heterocycles. The standard InChI is InChI=1S/C13H16N2O3/c1-2-18-13(17)11-9(10(14)12(16)15-11)8-6-4-3-5-7-8/h3-7,9-11H,2,14H2,1H3,(H,15,16)/t9?,10?,11-/m0/s1. The minimum atomic E-state index is -0.721. The van der Waals surface area contributed by atoms with Crippen LogP contribution in [0.2, 0.25) is 0 Å². The molecule has 1 amide bonds. The molecule has 1 aromatic rings. The highest BCUT2D eigenvalue weighted by Gasteiger charge is 2.45. The van der Waals surface area contributed by atoms with Gasteiger partial charge in [-0.2, -0.15) is 0 Å². The van der Waals surface area contributed by atoms with E-state index in [1.807, 2.05) is 30.3 Å². The summed E-state index contributed by atoms with van der Waals surface area (Å²) in [6.07, 6.45) is 0. The number of hydrogen-bond acceptors (Lipinski definition) is 4. The van der Waals surface area contributed by atoms with Gasteiger partial charge < -0.3 is 15.8 Å². The Hall–Kier alpha value is -1.88. The number of nitrogens with two attached hydrogens (primary N) is 1. The molecule has 2 unspecified atom stereocenters. The van der Waals surface area contributed by atoms with Gasteiger partial charge in [0.1, 0.15) is 6.04 Å². The summed E-state index contributed by atoms with van der Waals surface area (Å²) < 4.78 is 4.96. The SMILES string of the molecule is CCOC(=O)[C@H]1NC(=O)C(N)C1c1ccccc1. The van der Waals surface area contributed by atoms with Crippen molar-refractivity contribution in [1.29, 1.82) is 0 Å². The molecular weight excluding hydrogens is 232 g/mol. The van der Waals surface area contributed by atoms with Crippen molar-refractivity contribution in [2.24, 2.45) is 5.73 Å². The minimum absolute atomic E-state index is 0.280. The van der Waals surface area contributed by atoms with E-state index in [9.17, 15) is 9.59 Å². The number of carbonyl (C=O) groups excluding carboxylic acids is 2. The van der Waals surface area contributed by atoms with Gasteiger partial charge in [0.25, 0.3) is 0 Å². The van der Waals surface area contributed by atoms with Crippen LogP contribution < -0.4 is 11.1 Å². The van der Waals surface area contributed by atoms with Crippen molar-refractivity contribution < 1.29 is 14.3 Å². The first-order valence-electron chi connectivity index (χ1n) is 5.92. The molecule has 96 valence electrons. The second-order valence-corrected chi connectivity index (χ2v) is 4.20.